The first kappa shape index (κ1) is 24.8. The van der Waals surface area contributed by atoms with Gasteiger partial charge in [-0.1, -0.05) is 19.9 Å². The lowest BCUT2D eigenvalue weighted by Crippen LogP contribution is -2.43. The Morgan fingerprint density at radius 1 is 1.19 bits per heavy atom. The monoisotopic (exact) mass is 479 g/mol. The molecule has 0 aliphatic rings. The van der Waals surface area contributed by atoms with Crippen molar-refractivity contribution in [2.24, 2.45) is 4.99 Å². The number of rotatable bonds is 10. The molecule has 0 radical (unpaired) electrons. The molecule has 0 aliphatic heterocycles. The van der Waals surface area contributed by atoms with Gasteiger partial charge in [-0.3, -0.25) is 4.99 Å². The number of hydrogen-bond acceptors (Lipinski definition) is 4. The maximum atomic E-state index is 10.4. The zero-order chi connectivity index (χ0) is 18.7. The molecule has 0 saturated heterocycles. The zero-order valence-corrected chi connectivity index (χ0v) is 18.9. The maximum Gasteiger partial charge on any atom is 0.191 e. The van der Waals surface area contributed by atoms with Crippen LogP contribution in [0.3, 0.4) is 0 Å². The van der Waals surface area contributed by atoms with Crippen LogP contribution in [-0.2, 0) is 0 Å². The molecule has 0 aliphatic carbocycles. The molecule has 1 unspecified atom stereocenters. The van der Waals surface area contributed by atoms with Crippen LogP contribution < -0.4 is 20.1 Å². The SMILES string of the molecule is CCNC(=NCC(O)(CC)CC)NCC(C)Oc1cccc(OC)c1.I. The fourth-order valence-corrected chi connectivity index (χ4v) is 2.23. The Labute approximate surface area is 174 Å². The number of aliphatic imine (C=N–C) groups is 1. The average molecular weight is 479 g/mol. The zero-order valence-electron chi connectivity index (χ0n) is 16.5. The van der Waals surface area contributed by atoms with E-state index in [2.05, 4.69) is 15.6 Å². The van der Waals surface area contributed by atoms with E-state index in [1.54, 1.807) is 7.11 Å². The van der Waals surface area contributed by atoms with Gasteiger partial charge in [0.1, 0.15) is 17.6 Å². The predicted octanol–water partition coefficient (Wildman–Crippen LogP) is 3.19. The third-order valence-corrected chi connectivity index (χ3v) is 4.13. The highest BCUT2D eigenvalue weighted by Crippen LogP contribution is 2.19. The predicted molar refractivity (Wildman–Crippen MR) is 118 cm³/mol. The third kappa shape index (κ3) is 8.93. The van der Waals surface area contributed by atoms with Gasteiger partial charge in [-0.2, -0.15) is 0 Å². The Hall–Kier alpha value is -1.22. The lowest BCUT2D eigenvalue weighted by atomic mass is 9.98. The highest BCUT2D eigenvalue weighted by molar-refractivity contribution is 14.0. The van der Waals surface area contributed by atoms with Crippen molar-refractivity contribution in [2.45, 2.75) is 52.2 Å². The Bertz CT molecular complexity index is 537. The second kappa shape index (κ2) is 13.0. The lowest BCUT2D eigenvalue weighted by Gasteiger charge is -2.24. The van der Waals surface area contributed by atoms with Crippen LogP contribution in [0.15, 0.2) is 29.3 Å². The van der Waals surface area contributed by atoms with E-state index in [0.717, 1.165) is 18.0 Å². The van der Waals surface area contributed by atoms with Gasteiger partial charge in [0.25, 0.3) is 0 Å². The minimum Gasteiger partial charge on any atom is -0.497 e. The average Bonchev–Trinajstić information content (AvgIpc) is 2.63. The topological polar surface area (TPSA) is 75.1 Å². The first-order chi connectivity index (χ1) is 12.0. The van der Waals surface area contributed by atoms with Crippen LogP contribution in [0.2, 0.25) is 0 Å². The maximum absolute atomic E-state index is 10.4. The van der Waals surface area contributed by atoms with Crippen molar-refractivity contribution in [1.82, 2.24) is 10.6 Å². The minimum atomic E-state index is -0.745. The molecule has 150 valence electrons. The molecule has 0 heterocycles. The quantitative estimate of drug-likeness (QED) is 0.273. The highest BCUT2D eigenvalue weighted by atomic mass is 127. The number of methoxy groups -OCH3 is 1. The molecule has 0 spiro atoms. The summed E-state index contributed by atoms with van der Waals surface area (Å²) >= 11 is 0. The summed E-state index contributed by atoms with van der Waals surface area (Å²) in [6, 6.07) is 7.55. The Kier molecular flexibility index (Phi) is 12.4. The van der Waals surface area contributed by atoms with Crippen molar-refractivity contribution in [3.8, 4) is 11.5 Å². The van der Waals surface area contributed by atoms with E-state index in [1.807, 2.05) is 52.0 Å². The summed E-state index contributed by atoms with van der Waals surface area (Å²) in [4.78, 5) is 4.50. The number of guanidine groups is 1. The number of ether oxygens (including phenoxy) is 2. The molecule has 26 heavy (non-hydrogen) atoms. The molecule has 1 rings (SSSR count). The van der Waals surface area contributed by atoms with Gasteiger partial charge in [0.15, 0.2) is 5.96 Å². The van der Waals surface area contributed by atoms with E-state index < -0.39 is 5.60 Å². The van der Waals surface area contributed by atoms with Crippen LogP contribution in [-0.4, -0.2) is 49.5 Å². The van der Waals surface area contributed by atoms with E-state index in [0.29, 0.717) is 31.9 Å². The van der Waals surface area contributed by atoms with Crippen molar-refractivity contribution in [2.75, 3.05) is 26.7 Å². The van der Waals surface area contributed by atoms with Crippen LogP contribution in [0.1, 0.15) is 40.5 Å². The van der Waals surface area contributed by atoms with Crippen molar-refractivity contribution in [1.29, 1.82) is 0 Å². The molecule has 1 aromatic carbocycles. The molecular formula is C19H34IN3O3. The summed E-state index contributed by atoms with van der Waals surface area (Å²) in [6.07, 6.45) is 1.32. The number of aliphatic hydroxyl groups is 1. The molecule has 6 nitrogen and oxygen atoms in total. The van der Waals surface area contributed by atoms with Gasteiger partial charge in [-0.05, 0) is 38.8 Å². The molecule has 0 bridgehead atoms. The van der Waals surface area contributed by atoms with E-state index in [1.165, 1.54) is 0 Å². The molecule has 1 aromatic rings. The van der Waals surface area contributed by atoms with Gasteiger partial charge < -0.3 is 25.2 Å². The number of hydrogen-bond donors (Lipinski definition) is 3. The van der Waals surface area contributed by atoms with E-state index in [4.69, 9.17) is 9.47 Å². The van der Waals surface area contributed by atoms with E-state index in [-0.39, 0.29) is 30.1 Å². The smallest absolute Gasteiger partial charge is 0.191 e. The van der Waals surface area contributed by atoms with E-state index in [9.17, 15) is 5.11 Å². The second-order valence-electron chi connectivity index (χ2n) is 6.11. The van der Waals surface area contributed by atoms with Gasteiger partial charge in [-0.25, -0.2) is 0 Å². The van der Waals surface area contributed by atoms with Crippen LogP contribution in [0.4, 0.5) is 0 Å². The second-order valence-corrected chi connectivity index (χ2v) is 6.11. The number of halogens is 1. The molecule has 0 fully saturated rings. The van der Waals surface area contributed by atoms with Gasteiger partial charge >= 0.3 is 0 Å². The minimum absolute atomic E-state index is 0. The van der Waals surface area contributed by atoms with Crippen LogP contribution in [0.25, 0.3) is 0 Å². The molecule has 0 aromatic heterocycles. The third-order valence-electron chi connectivity index (χ3n) is 4.13. The van der Waals surface area contributed by atoms with Crippen molar-refractivity contribution >= 4 is 29.9 Å². The number of benzene rings is 1. The van der Waals surface area contributed by atoms with Crippen molar-refractivity contribution in [3.63, 3.8) is 0 Å². The van der Waals surface area contributed by atoms with Crippen LogP contribution >= 0.6 is 24.0 Å². The van der Waals surface area contributed by atoms with Gasteiger partial charge in [0, 0.05) is 12.6 Å². The Balaban J connectivity index is 0.00000625. The molecule has 0 saturated carbocycles. The van der Waals surface area contributed by atoms with E-state index >= 15 is 0 Å². The summed E-state index contributed by atoms with van der Waals surface area (Å²) < 4.78 is 11.1. The van der Waals surface area contributed by atoms with Crippen LogP contribution in [0.5, 0.6) is 11.5 Å². The lowest BCUT2D eigenvalue weighted by molar-refractivity contribution is 0.0418. The fraction of sp³-hybridized carbons (Fsp3) is 0.632. The first-order valence-electron chi connectivity index (χ1n) is 9.01. The summed E-state index contributed by atoms with van der Waals surface area (Å²) in [6.45, 7) is 9.68. The summed E-state index contributed by atoms with van der Waals surface area (Å²) in [5, 5.41) is 16.8. The first-order valence-corrected chi connectivity index (χ1v) is 9.01. The van der Waals surface area contributed by atoms with Crippen molar-refractivity contribution < 1.29 is 14.6 Å². The Morgan fingerprint density at radius 3 is 2.42 bits per heavy atom. The van der Waals surface area contributed by atoms with Crippen LogP contribution in [0, 0.1) is 0 Å². The fourth-order valence-electron chi connectivity index (χ4n) is 2.23. The molecule has 3 N–H and O–H groups in total. The normalized spacial score (nSPS) is 12.8. The Morgan fingerprint density at radius 2 is 1.85 bits per heavy atom. The highest BCUT2D eigenvalue weighted by Gasteiger charge is 2.21. The van der Waals surface area contributed by atoms with Gasteiger partial charge in [-0.15, -0.1) is 24.0 Å². The molecule has 7 heteroatoms. The molecular weight excluding hydrogens is 445 g/mol. The standard InChI is InChI=1S/C19H33N3O3.HI/c1-6-19(23,7-2)14-22-18(20-8-3)21-13-15(4)25-17-11-9-10-16(12-17)24-5;/h9-12,15,23H,6-8,13-14H2,1-5H3,(H2,20,21,22);1H. The number of nitrogens with one attached hydrogen (secondary N) is 2. The summed E-state index contributed by atoms with van der Waals surface area (Å²) in [5.74, 6) is 2.22. The molecule has 0 amide bonds. The van der Waals surface area contributed by atoms with Gasteiger partial charge in [0.2, 0.25) is 0 Å². The number of nitrogens with zero attached hydrogens (tertiary/aromatic N) is 1. The largest absolute Gasteiger partial charge is 0.497 e. The summed E-state index contributed by atoms with van der Waals surface area (Å²) in [5.41, 5.74) is -0.745. The van der Waals surface area contributed by atoms with Gasteiger partial charge in [0.05, 0.1) is 25.8 Å². The summed E-state index contributed by atoms with van der Waals surface area (Å²) in [7, 11) is 1.64. The molecule has 1 atom stereocenters. The van der Waals surface area contributed by atoms with Crippen molar-refractivity contribution in [3.05, 3.63) is 24.3 Å².